The zero-order valence-electron chi connectivity index (χ0n) is 11.3. The van der Waals surface area contributed by atoms with Gasteiger partial charge in [0.05, 0.1) is 5.56 Å². The van der Waals surface area contributed by atoms with Crippen LogP contribution in [0.15, 0.2) is 18.2 Å². The van der Waals surface area contributed by atoms with Crippen LogP contribution in [0.1, 0.15) is 30.9 Å². The van der Waals surface area contributed by atoms with Gasteiger partial charge in [-0.05, 0) is 43.0 Å². The zero-order valence-corrected chi connectivity index (χ0v) is 11.3. The first-order chi connectivity index (χ1) is 9.13. The van der Waals surface area contributed by atoms with E-state index >= 15 is 0 Å². The van der Waals surface area contributed by atoms with Crippen molar-refractivity contribution in [1.29, 1.82) is 5.26 Å². The van der Waals surface area contributed by atoms with Crippen LogP contribution < -0.4 is 5.73 Å². The van der Waals surface area contributed by atoms with Crippen LogP contribution in [0.4, 0.5) is 4.39 Å². The second-order valence-corrected chi connectivity index (χ2v) is 5.42. The SMILES string of the molecule is CC1CCN(Cc2ccc(F)c(C#N)c2)C(CN)C1. The fourth-order valence-electron chi connectivity index (χ4n) is 2.74. The van der Waals surface area contributed by atoms with Gasteiger partial charge < -0.3 is 5.73 Å². The van der Waals surface area contributed by atoms with Gasteiger partial charge in [-0.2, -0.15) is 5.26 Å². The van der Waals surface area contributed by atoms with Gasteiger partial charge in [0.2, 0.25) is 0 Å². The molecule has 2 rings (SSSR count). The lowest BCUT2D eigenvalue weighted by Gasteiger charge is -2.38. The Balaban J connectivity index is 2.10. The summed E-state index contributed by atoms with van der Waals surface area (Å²) in [6.07, 6.45) is 2.28. The van der Waals surface area contributed by atoms with Crippen LogP contribution in [-0.4, -0.2) is 24.0 Å². The number of rotatable bonds is 3. The lowest BCUT2D eigenvalue weighted by atomic mass is 9.92. The van der Waals surface area contributed by atoms with Crippen molar-refractivity contribution in [2.24, 2.45) is 11.7 Å². The summed E-state index contributed by atoms with van der Waals surface area (Å²) in [5, 5.41) is 8.86. The molecule has 0 spiro atoms. The van der Waals surface area contributed by atoms with E-state index in [2.05, 4.69) is 11.8 Å². The third-order valence-electron chi connectivity index (χ3n) is 3.91. The summed E-state index contributed by atoms with van der Waals surface area (Å²) >= 11 is 0. The first kappa shape index (κ1) is 14.0. The third-order valence-corrected chi connectivity index (χ3v) is 3.91. The maximum atomic E-state index is 13.3. The summed E-state index contributed by atoms with van der Waals surface area (Å²) in [7, 11) is 0. The lowest BCUT2D eigenvalue weighted by molar-refractivity contribution is 0.115. The molecule has 4 heteroatoms. The Labute approximate surface area is 113 Å². The average molecular weight is 261 g/mol. The molecule has 0 aromatic heterocycles. The first-order valence-electron chi connectivity index (χ1n) is 6.76. The van der Waals surface area contributed by atoms with Gasteiger partial charge in [0.1, 0.15) is 11.9 Å². The fourth-order valence-corrected chi connectivity index (χ4v) is 2.74. The number of piperidine rings is 1. The third kappa shape index (κ3) is 3.31. The van der Waals surface area contributed by atoms with Crippen LogP contribution in [0.3, 0.4) is 0 Å². The van der Waals surface area contributed by atoms with Crippen molar-refractivity contribution in [2.75, 3.05) is 13.1 Å². The Morgan fingerprint density at radius 2 is 2.32 bits per heavy atom. The topological polar surface area (TPSA) is 53.0 Å². The Bertz CT molecular complexity index is 481. The molecule has 0 bridgehead atoms. The molecular weight excluding hydrogens is 241 g/mol. The number of hydrogen-bond donors (Lipinski definition) is 1. The van der Waals surface area contributed by atoms with Crippen molar-refractivity contribution >= 4 is 0 Å². The van der Waals surface area contributed by atoms with Crippen LogP contribution in [0.5, 0.6) is 0 Å². The average Bonchev–Trinajstić information content (AvgIpc) is 2.42. The summed E-state index contributed by atoms with van der Waals surface area (Å²) < 4.78 is 13.3. The van der Waals surface area contributed by atoms with E-state index < -0.39 is 5.82 Å². The Morgan fingerprint density at radius 3 is 3.00 bits per heavy atom. The maximum Gasteiger partial charge on any atom is 0.140 e. The standard InChI is InChI=1S/C15H20FN3/c1-11-4-5-19(14(6-11)9-18)10-12-2-3-15(16)13(7-12)8-17/h2-3,7,11,14H,4-6,9-10,18H2,1H3. The molecule has 2 unspecified atom stereocenters. The number of nitrogens with zero attached hydrogens (tertiary/aromatic N) is 2. The molecule has 2 atom stereocenters. The van der Waals surface area contributed by atoms with Gasteiger partial charge in [-0.15, -0.1) is 0 Å². The van der Waals surface area contributed by atoms with Crippen LogP contribution in [-0.2, 0) is 6.54 Å². The van der Waals surface area contributed by atoms with Gasteiger partial charge in [0.15, 0.2) is 0 Å². The molecular formula is C15H20FN3. The van der Waals surface area contributed by atoms with Crippen LogP contribution in [0.2, 0.25) is 0 Å². The number of halogens is 1. The summed E-state index contributed by atoms with van der Waals surface area (Å²) in [4.78, 5) is 2.34. The van der Waals surface area contributed by atoms with Crippen molar-refractivity contribution in [1.82, 2.24) is 4.90 Å². The molecule has 102 valence electrons. The maximum absolute atomic E-state index is 13.3. The summed E-state index contributed by atoms with van der Waals surface area (Å²) in [5.74, 6) is 0.265. The molecule has 0 radical (unpaired) electrons. The van der Waals surface area contributed by atoms with E-state index in [1.807, 2.05) is 6.07 Å². The molecule has 1 aliphatic rings. The van der Waals surface area contributed by atoms with E-state index in [0.717, 1.165) is 25.1 Å². The zero-order chi connectivity index (χ0) is 13.8. The summed E-state index contributed by atoms with van der Waals surface area (Å²) in [5.41, 5.74) is 6.93. The summed E-state index contributed by atoms with van der Waals surface area (Å²) in [6.45, 7) is 4.66. The minimum atomic E-state index is -0.450. The molecule has 1 aromatic carbocycles. The molecule has 1 heterocycles. The van der Waals surface area contributed by atoms with E-state index in [9.17, 15) is 4.39 Å². The summed E-state index contributed by atoms with van der Waals surface area (Å²) in [6, 6.07) is 7.04. The molecule has 1 saturated heterocycles. The monoisotopic (exact) mass is 261 g/mol. The lowest BCUT2D eigenvalue weighted by Crippen LogP contribution is -2.45. The Hall–Kier alpha value is -1.44. The molecule has 1 aromatic rings. The van der Waals surface area contributed by atoms with Crippen molar-refractivity contribution in [3.05, 3.63) is 35.1 Å². The predicted molar refractivity (Wildman–Crippen MR) is 72.8 cm³/mol. The predicted octanol–water partition coefficient (Wildman–Crippen LogP) is 2.26. The Kier molecular flexibility index (Phi) is 4.52. The van der Waals surface area contributed by atoms with E-state index in [0.29, 0.717) is 18.5 Å². The van der Waals surface area contributed by atoms with Gasteiger partial charge in [0, 0.05) is 19.1 Å². The minimum absolute atomic E-state index is 0.118. The van der Waals surface area contributed by atoms with Crippen molar-refractivity contribution < 1.29 is 4.39 Å². The van der Waals surface area contributed by atoms with Crippen molar-refractivity contribution in [3.8, 4) is 6.07 Å². The van der Waals surface area contributed by atoms with Crippen LogP contribution >= 0.6 is 0 Å². The van der Waals surface area contributed by atoms with Gasteiger partial charge >= 0.3 is 0 Å². The highest BCUT2D eigenvalue weighted by molar-refractivity contribution is 5.34. The molecule has 0 aliphatic carbocycles. The number of nitriles is 1. The second-order valence-electron chi connectivity index (χ2n) is 5.42. The number of nitrogens with two attached hydrogens (primary N) is 1. The van der Waals surface area contributed by atoms with Crippen molar-refractivity contribution in [3.63, 3.8) is 0 Å². The Morgan fingerprint density at radius 1 is 1.53 bits per heavy atom. The number of hydrogen-bond acceptors (Lipinski definition) is 3. The van der Waals surface area contributed by atoms with E-state index in [1.54, 1.807) is 12.1 Å². The van der Waals surface area contributed by atoms with E-state index in [1.165, 1.54) is 12.5 Å². The van der Waals surface area contributed by atoms with Gasteiger partial charge in [-0.3, -0.25) is 4.90 Å². The molecule has 0 saturated carbocycles. The highest BCUT2D eigenvalue weighted by Gasteiger charge is 2.25. The normalized spacial score (nSPS) is 24.1. The van der Waals surface area contributed by atoms with Gasteiger partial charge in [-0.1, -0.05) is 13.0 Å². The molecule has 3 nitrogen and oxygen atoms in total. The van der Waals surface area contributed by atoms with Gasteiger partial charge in [0.25, 0.3) is 0 Å². The fraction of sp³-hybridized carbons (Fsp3) is 0.533. The largest absolute Gasteiger partial charge is 0.329 e. The molecule has 2 N–H and O–H groups in total. The number of likely N-dealkylation sites (tertiary alicyclic amines) is 1. The minimum Gasteiger partial charge on any atom is -0.329 e. The van der Waals surface area contributed by atoms with Gasteiger partial charge in [-0.25, -0.2) is 4.39 Å². The highest BCUT2D eigenvalue weighted by Crippen LogP contribution is 2.24. The first-order valence-corrected chi connectivity index (χ1v) is 6.76. The smallest absolute Gasteiger partial charge is 0.140 e. The number of benzene rings is 1. The molecule has 1 aliphatic heterocycles. The van der Waals surface area contributed by atoms with Crippen molar-refractivity contribution in [2.45, 2.75) is 32.4 Å². The molecule has 1 fully saturated rings. The van der Waals surface area contributed by atoms with Crippen LogP contribution in [0.25, 0.3) is 0 Å². The van der Waals surface area contributed by atoms with Crippen LogP contribution in [0, 0.1) is 23.1 Å². The molecule has 0 amide bonds. The quantitative estimate of drug-likeness (QED) is 0.908. The highest BCUT2D eigenvalue weighted by atomic mass is 19.1. The van der Waals surface area contributed by atoms with E-state index in [4.69, 9.17) is 11.0 Å². The van der Waals surface area contributed by atoms with E-state index in [-0.39, 0.29) is 5.56 Å². The molecule has 19 heavy (non-hydrogen) atoms. The second kappa shape index (κ2) is 6.14.